The topological polar surface area (TPSA) is 29.2 Å². The SMILES string of the molecule is O=P12CN3CC[NH+](CC[NH+](CC3)C1)C2. The highest BCUT2D eigenvalue weighted by atomic mass is 31.2. The van der Waals surface area contributed by atoms with Gasteiger partial charge in [0.1, 0.15) is 25.7 Å². The highest BCUT2D eigenvalue weighted by molar-refractivity contribution is 7.63. The molecule has 0 aromatic rings. The third-order valence-electron chi connectivity index (χ3n) is 3.88. The zero-order chi connectivity index (χ0) is 9.60. The van der Waals surface area contributed by atoms with E-state index in [1.807, 2.05) is 0 Å². The van der Waals surface area contributed by atoms with Crippen LogP contribution in [0.1, 0.15) is 0 Å². The second kappa shape index (κ2) is 3.31. The van der Waals surface area contributed by atoms with Gasteiger partial charge in [-0.05, 0) is 0 Å². The molecule has 3 fully saturated rings. The Bertz CT molecular complexity index is 228. The van der Waals surface area contributed by atoms with Gasteiger partial charge in [-0.2, -0.15) is 0 Å². The van der Waals surface area contributed by atoms with E-state index in [0.29, 0.717) is 0 Å². The van der Waals surface area contributed by atoms with Gasteiger partial charge in [0, 0.05) is 13.1 Å². The summed E-state index contributed by atoms with van der Waals surface area (Å²) in [6, 6.07) is 0. The van der Waals surface area contributed by atoms with Crippen LogP contribution in [0, 0.1) is 0 Å². The highest BCUT2D eigenvalue weighted by Gasteiger charge is 2.42. The summed E-state index contributed by atoms with van der Waals surface area (Å²) in [7, 11) is -1.85. The van der Waals surface area contributed by atoms with Gasteiger partial charge in [0.15, 0.2) is 0 Å². The van der Waals surface area contributed by atoms with E-state index in [1.54, 1.807) is 9.80 Å². The van der Waals surface area contributed by atoms with Crippen LogP contribution in [-0.4, -0.2) is 63.0 Å². The van der Waals surface area contributed by atoms with E-state index >= 15 is 0 Å². The number of quaternary nitrogens is 2. The second-order valence-corrected chi connectivity index (χ2v) is 8.17. The summed E-state index contributed by atoms with van der Waals surface area (Å²) in [4.78, 5) is 5.66. The van der Waals surface area contributed by atoms with Crippen LogP contribution < -0.4 is 9.80 Å². The van der Waals surface area contributed by atoms with Crippen molar-refractivity contribution < 1.29 is 14.4 Å². The molecule has 0 radical (unpaired) electrons. The van der Waals surface area contributed by atoms with Crippen molar-refractivity contribution in [1.29, 1.82) is 0 Å². The van der Waals surface area contributed by atoms with Gasteiger partial charge in [0.05, 0.1) is 19.4 Å². The quantitative estimate of drug-likeness (QED) is 0.434. The molecule has 3 aliphatic rings. The third kappa shape index (κ3) is 1.65. The molecular formula is C9H20N3OP+2. The predicted molar refractivity (Wildman–Crippen MR) is 55.2 cm³/mol. The average molecular weight is 217 g/mol. The Morgan fingerprint density at radius 3 is 2.07 bits per heavy atom. The van der Waals surface area contributed by atoms with Crippen LogP contribution in [-0.2, 0) is 4.57 Å². The van der Waals surface area contributed by atoms with Crippen molar-refractivity contribution in [1.82, 2.24) is 4.90 Å². The molecule has 3 aliphatic heterocycles. The number of nitrogens with one attached hydrogen (secondary N) is 2. The minimum Gasteiger partial charge on any atom is -0.323 e. The van der Waals surface area contributed by atoms with Crippen molar-refractivity contribution in [3.63, 3.8) is 0 Å². The molecule has 2 N–H and O–H groups in total. The molecule has 0 aromatic heterocycles. The number of rotatable bonds is 0. The molecular weight excluding hydrogens is 197 g/mol. The molecule has 2 unspecified atom stereocenters. The Morgan fingerprint density at radius 2 is 1.50 bits per heavy atom. The highest BCUT2D eigenvalue weighted by Crippen LogP contribution is 2.43. The zero-order valence-corrected chi connectivity index (χ0v) is 9.56. The van der Waals surface area contributed by atoms with E-state index < -0.39 is 7.14 Å². The molecule has 0 spiro atoms. The lowest BCUT2D eigenvalue weighted by Gasteiger charge is -2.15. The Kier molecular flexibility index (Phi) is 2.21. The van der Waals surface area contributed by atoms with E-state index in [0.717, 1.165) is 18.9 Å². The Balaban J connectivity index is 1.98. The standard InChI is InChI=1S/C9H18N3OP/c13-14-7-10-1-2-11(8-14)5-6-12(9-14)4-3-10/h1-9H2/p+2. The molecule has 0 saturated carbocycles. The van der Waals surface area contributed by atoms with Crippen LogP contribution in [0.4, 0.5) is 0 Å². The first-order valence-corrected chi connectivity index (χ1v) is 7.96. The van der Waals surface area contributed by atoms with Crippen LogP contribution in [0.15, 0.2) is 0 Å². The Morgan fingerprint density at radius 1 is 0.929 bits per heavy atom. The average Bonchev–Trinajstić information content (AvgIpc) is 2.44. The monoisotopic (exact) mass is 217 g/mol. The van der Waals surface area contributed by atoms with Gasteiger partial charge in [-0.3, -0.25) is 4.90 Å². The van der Waals surface area contributed by atoms with Crippen molar-refractivity contribution in [2.75, 3.05) is 58.1 Å². The molecule has 4 nitrogen and oxygen atoms in total. The predicted octanol–water partition coefficient (Wildman–Crippen LogP) is -2.67. The number of hydrogen-bond donors (Lipinski definition) is 2. The third-order valence-corrected chi connectivity index (χ3v) is 6.84. The van der Waals surface area contributed by atoms with Crippen LogP contribution in [0.5, 0.6) is 0 Å². The van der Waals surface area contributed by atoms with E-state index in [4.69, 9.17) is 0 Å². The fraction of sp³-hybridized carbons (Fsp3) is 1.00. The van der Waals surface area contributed by atoms with Crippen LogP contribution in [0.25, 0.3) is 0 Å². The van der Waals surface area contributed by atoms with Crippen LogP contribution in [0.2, 0.25) is 0 Å². The Labute approximate surface area is 85.2 Å². The summed E-state index contributed by atoms with van der Waals surface area (Å²) in [6.45, 7) is 7.27. The van der Waals surface area contributed by atoms with Crippen molar-refractivity contribution in [2.45, 2.75) is 0 Å². The van der Waals surface area contributed by atoms with E-state index in [2.05, 4.69) is 4.90 Å². The Hall–Kier alpha value is 0.110. The summed E-state index contributed by atoms with van der Waals surface area (Å²) in [5.41, 5.74) is 0. The second-order valence-electron chi connectivity index (χ2n) is 5.13. The fourth-order valence-electron chi connectivity index (χ4n) is 3.14. The van der Waals surface area contributed by atoms with Crippen molar-refractivity contribution in [3.8, 4) is 0 Å². The number of fused-ring (bicyclic) bond motifs is 3. The number of hydrogen-bond acceptors (Lipinski definition) is 2. The molecule has 80 valence electrons. The van der Waals surface area contributed by atoms with E-state index in [-0.39, 0.29) is 0 Å². The molecule has 3 rings (SSSR count). The molecule has 0 aliphatic carbocycles. The summed E-state index contributed by atoms with van der Waals surface area (Å²) < 4.78 is 12.7. The fourth-order valence-corrected chi connectivity index (χ4v) is 6.73. The first-order valence-electron chi connectivity index (χ1n) is 5.70. The van der Waals surface area contributed by atoms with Gasteiger partial charge >= 0.3 is 0 Å². The van der Waals surface area contributed by atoms with Gasteiger partial charge < -0.3 is 14.4 Å². The molecule has 14 heavy (non-hydrogen) atoms. The lowest BCUT2D eigenvalue weighted by molar-refractivity contribution is -0.935. The molecule has 4 bridgehead atoms. The summed E-state index contributed by atoms with van der Waals surface area (Å²) in [6.07, 6.45) is 2.88. The van der Waals surface area contributed by atoms with Gasteiger partial charge in [0.25, 0.3) is 0 Å². The lowest BCUT2D eigenvalue weighted by atomic mass is 10.5. The number of nitrogens with zero attached hydrogens (tertiary/aromatic N) is 1. The molecule has 3 heterocycles. The molecule has 3 saturated heterocycles. The van der Waals surface area contributed by atoms with Crippen molar-refractivity contribution >= 4 is 7.14 Å². The zero-order valence-electron chi connectivity index (χ0n) is 8.67. The van der Waals surface area contributed by atoms with Gasteiger partial charge in [0.2, 0.25) is 7.14 Å². The summed E-state index contributed by atoms with van der Waals surface area (Å²) in [5.74, 6) is 0. The van der Waals surface area contributed by atoms with Gasteiger partial charge in [-0.15, -0.1) is 0 Å². The summed E-state index contributed by atoms with van der Waals surface area (Å²) in [5, 5.41) is 0. The normalized spacial score (nSPS) is 52.4. The summed E-state index contributed by atoms with van der Waals surface area (Å²) >= 11 is 0. The molecule has 0 amide bonds. The smallest absolute Gasteiger partial charge is 0.204 e. The molecule has 5 heteroatoms. The molecule has 2 atom stereocenters. The van der Waals surface area contributed by atoms with Crippen LogP contribution in [0.3, 0.4) is 0 Å². The van der Waals surface area contributed by atoms with Crippen LogP contribution >= 0.6 is 7.14 Å². The minimum atomic E-state index is -1.85. The lowest BCUT2D eigenvalue weighted by Crippen LogP contribution is -3.17. The van der Waals surface area contributed by atoms with Gasteiger partial charge in [-0.1, -0.05) is 0 Å². The maximum absolute atomic E-state index is 12.7. The largest absolute Gasteiger partial charge is 0.323 e. The van der Waals surface area contributed by atoms with E-state index in [9.17, 15) is 4.57 Å². The van der Waals surface area contributed by atoms with Gasteiger partial charge in [-0.25, -0.2) is 0 Å². The maximum Gasteiger partial charge on any atom is 0.204 e. The minimum absolute atomic E-state index is 0.917. The van der Waals surface area contributed by atoms with E-state index in [1.165, 1.54) is 39.3 Å². The van der Waals surface area contributed by atoms with Crippen molar-refractivity contribution in [3.05, 3.63) is 0 Å². The molecule has 0 aromatic carbocycles. The van der Waals surface area contributed by atoms with Crippen molar-refractivity contribution in [2.24, 2.45) is 0 Å². The first-order chi connectivity index (χ1) is 6.73. The maximum atomic E-state index is 12.7. The first kappa shape index (κ1) is 9.34.